The van der Waals surface area contributed by atoms with E-state index in [1.54, 1.807) is 11.4 Å². The molecule has 2 rings (SSSR count). The molecule has 1 aromatic carbocycles. The third kappa shape index (κ3) is 3.85. The van der Waals surface area contributed by atoms with Gasteiger partial charge < -0.3 is 4.74 Å². The number of benzene rings is 1. The number of likely N-dealkylation sites (N-methyl/N-ethyl adjacent to an activating group) is 1. The number of piperazine rings is 1. The Bertz CT molecular complexity index is 600. The van der Waals surface area contributed by atoms with Gasteiger partial charge in [-0.05, 0) is 24.7 Å². The van der Waals surface area contributed by atoms with Crippen molar-refractivity contribution in [1.29, 1.82) is 0 Å². The first-order chi connectivity index (χ1) is 10.9. The van der Waals surface area contributed by atoms with Crippen LogP contribution < -0.4 is 4.74 Å². The Morgan fingerprint density at radius 1 is 1.17 bits per heavy atom. The van der Waals surface area contributed by atoms with Crippen LogP contribution in [-0.2, 0) is 10.2 Å². The highest BCUT2D eigenvalue weighted by Gasteiger charge is 2.35. The monoisotopic (exact) mass is 341 g/mol. The second kappa shape index (κ2) is 7.61. The highest BCUT2D eigenvalue weighted by atomic mass is 32.2. The number of nitrogens with zero attached hydrogens (tertiary/aromatic N) is 3. The van der Waals surface area contributed by atoms with Gasteiger partial charge in [-0.25, -0.2) is 0 Å². The summed E-state index contributed by atoms with van der Waals surface area (Å²) in [5, 5.41) is 0. The Balaban J connectivity index is 2.21. The summed E-state index contributed by atoms with van der Waals surface area (Å²) in [5.41, 5.74) is 1.10. The number of ether oxygens (including phenoxy) is 1. The molecule has 0 unspecified atom stereocenters. The van der Waals surface area contributed by atoms with E-state index in [-0.39, 0.29) is 6.04 Å². The zero-order valence-corrected chi connectivity index (χ0v) is 15.2. The Hall–Kier alpha value is -1.15. The van der Waals surface area contributed by atoms with Gasteiger partial charge in [-0.15, -0.1) is 0 Å². The van der Waals surface area contributed by atoms with Gasteiger partial charge in [0.15, 0.2) is 0 Å². The van der Waals surface area contributed by atoms with Crippen molar-refractivity contribution < 1.29 is 13.2 Å². The largest absolute Gasteiger partial charge is 0.497 e. The lowest BCUT2D eigenvalue weighted by molar-refractivity contribution is 0.143. The highest BCUT2D eigenvalue weighted by Crippen LogP contribution is 2.27. The molecule has 23 heavy (non-hydrogen) atoms. The standard InChI is InChI=1S/C16H27N3O3S/c1-5-18(6-2)23(20,21)19-12-11-17(3)16(13-19)14-7-9-15(22-4)10-8-14/h7-10,16H,5-6,11-13H2,1-4H3/t16-/m1/s1. The topological polar surface area (TPSA) is 53.1 Å². The minimum atomic E-state index is -3.39. The van der Waals surface area contributed by atoms with Gasteiger partial charge in [-0.1, -0.05) is 26.0 Å². The maximum absolute atomic E-state index is 12.7. The smallest absolute Gasteiger partial charge is 0.282 e. The lowest BCUT2D eigenvalue weighted by atomic mass is 10.0. The summed E-state index contributed by atoms with van der Waals surface area (Å²) in [7, 11) is 0.291. The summed E-state index contributed by atoms with van der Waals surface area (Å²) in [4.78, 5) is 2.20. The molecule has 1 fully saturated rings. The lowest BCUT2D eigenvalue weighted by Crippen LogP contribution is -2.53. The maximum atomic E-state index is 12.7. The summed E-state index contributed by atoms with van der Waals surface area (Å²) in [5.74, 6) is 0.805. The first kappa shape index (κ1) is 18.2. The Labute approximate surface area is 139 Å². The van der Waals surface area contributed by atoms with Crippen molar-refractivity contribution in [3.63, 3.8) is 0 Å². The third-order valence-corrected chi connectivity index (χ3v) is 6.62. The molecule has 1 heterocycles. The van der Waals surface area contributed by atoms with Crippen molar-refractivity contribution in [2.24, 2.45) is 0 Å². The molecule has 1 aromatic rings. The second-order valence-corrected chi connectivity index (χ2v) is 7.65. The molecule has 1 aliphatic heterocycles. The van der Waals surface area contributed by atoms with Gasteiger partial charge >= 0.3 is 0 Å². The van der Waals surface area contributed by atoms with E-state index in [0.29, 0.717) is 26.2 Å². The van der Waals surface area contributed by atoms with E-state index in [2.05, 4.69) is 4.90 Å². The Kier molecular flexibility index (Phi) is 6.02. The van der Waals surface area contributed by atoms with Gasteiger partial charge in [0, 0.05) is 38.8 Å². The minimum Gasteiger partial charge on any atom is -0.497 e. The lowest BCUT2D eigenvalue weighted by Gasteiger charge is -2.40. The molecule has 1 aliphatic rings. The fourth-order valence-electron chi connectivity index (χ4n) is 2.96. The van der Waals surface area contributed by atoms with Crippen molar-refractivity contribution >= 4 is 10.2 Å². The quantitative estimate of drug-likeness (QED) is 0.788. The predicted octanol–water partition coefficient (Wildman–Crippen LogP) is 1.57. The number of hydrogen-bond donors (Lipinski definition) is 0. The average molecular weight is 341 g/mol. The number of methoxy groups -OCH3 is 1. The van der Waals surface area contributed by atoms with E-state index >= 15 is 0 Å². The fourth-order valence-corrected chi connectivity index (χ4v) is 4.58. The maximum Gasteiger partial charge on any atom is 0.282 e. The van der Waals surface area contributed by atoms with E-state index in [9.17, 15) is 8.42 Å². The van der Waals surface area contributed by atoms with Crippen molar-refractivity contribution in [1.82, 2.24) is 13.5 Å². The van der Waals surface area contributed by atoms with Crippen LogP contribution in [0.4, 0.5) is 0 Å². The summed E-state index contributed by atoms with van der Waals surface area (Å²) in [6.07, 6.45) is 0. The summed E-state index contributed by atoms with van der Waals surface area (Å²) in [6.45, 7) is 6.47. The first-order valence-corrected chi connectivity index (χ1v) is 9.43. The van der Waals surface area contributed by atoms with Crippen LogP contribution in [0.25, 0.3) is 0 Å². The molecule has 0 radical (unpaired) electrons. The normalized spacial score (nSPS) is 20.8. The van der Waals surface area contributed by atoms with Crippen LogP contribution in [0.1, 0.15) is 25.5 Å². The predicted molar refractivity (Wildman–Crippen MR) is 91.8 cm³/mol. The highest BCUT2D eigenvalue weighted by molar-refractivity contribution is 7.86. The van der Waals surface area contributed by atoms with Gasteiger partial charge in [0.2, 0.25) is 0 Å². The van der Waals surface area contributed by atoms with E-state index in [4.69, 9.17) is 4.74 Å². The molecule has 0 amide bonds. The van der Waals surface area contributed by atoms with Gasteiger partial charge in [0.05, 0.1) is 7.11 Å². The van der Waals surface area contributed by atoms with Crippen molar-refractivity contribution in [2.45, 2.75) is 19.9 Å². The number of hydrogen-bond acceptors (Lipinski definition) is 4. The minimum absolute atomic E-state index is 0.0555. The van der Waals surface area contributed by atoms with E-state index < -0.39 is 10.2 Å². The fraction of sp³-hybridized carbons (Fsp3) is 0.625. The van der Waals surface area contributed by atoms with Crippen LogP contribution >= 0.6 is 0 Å². The van der Waals surface area contributed by atoms with Crippen molar-refractivity contribution in [3.8, 4) is 5.75 Å². The molecule has 0 bridgehead atoms. The van der Waals surface area contributed by atoms with Crippen LogP contribution in [0, 0.1) is 0 Å². The van der Waals surface area contributed by atoms with Gasteiger partial charge in [0.25, 0.3) is 10.2 Å². The van der Waals surface area contributed by atoms with Crippen LogP contribution in [0.15, 0.2) is 24.3 Å². The van der Waals surface area contributed by atoms with E-state index in [1.165, 1.54) is 4.31 Å². The molecular formula is C16H27N3O3S. The molecule has 1 saturated heterocycles. The van der Waals surface area contributed by atoms with Crippen LogP contribution in [0.3, 0.4) is 0 Å². The van der Waals surface area contributed by atoms with Crippen molar-refractivity contribution in [3.05, 3.63) is 29.8 Å². The second-order valence-electron chi connectivity index (χ2n) is 5.72. The van der Waals surface area contributed by atoms with Crippen LogP contribution in [0.2, 0.25) is 0 Å². The zero-order valence-electron chi connectivity index (χ0n) is 14.4. The van der Waals surface area contributed by atoms with E-state index in [0.717, 1.165) is 17.9 Å². The van der Waals surface area contributed by atoms with Gasteiger partial charge in [-0.3, -0.25) is 4.90 Å². The summed E-state index contributed by atoms with van der Waals surface area (Å²) < 4.78 is 33.8. The van der Waals surface area contributed by atoms with Gasteiger partial charge in [0.1, 0.15) is 5.75 Å². The van der Waals surface area contributed by atoms with Gasteiger partial charge in [-0.2, -0.15) is 17.0 Å². The SMILES string of the molecule is CCN(CC)S(=O)(=O)N1CCN(C)[C@@H](c2ccc(OC)cc2)C1. The molecule has 0 saturated carbocycles. The summed E-state index contributed by atoms with van der Waals surface area (Å²) in [6, 6.07) is 7.91. The summed E-state index contributed by atoms with van der Waals surface area (Å²) >= 11 is 0. The van der Waals surface area contributed by atoms with Crippen molar-refractivity contribution in [2.75, 3.05) is 46.9 Å². The molecule has 0 N–H and O–H groups in total. The first-order valence-electron chi connectivity index (χ1n) is 8.03. The van der Waals surface area contributed by atoms with Crippen LogP contribution in [0.5, 0.6) is 5.75 Å². The molecule has 1 atom stereocenters. The molecule has 130 valence electrons. The molecule has 7 heteroatoms. The molecule has 0 spiro atoms. The Morgan fingerprint density at radius 3 is 2.30 bits per heavy atom. The Morgan fingerprint density at radius 2 is 1.78 bits per heavy atom. The van der Waals surface area contributed by atoms with Crippen LogP contribution in [-0.4, -0.2) is 68.8 Å². The third-order valence-electron chi connectivity index (χ3n) is 4.47. The number of rotatable bonds is 6. The zero-order chi connectivity index (χ0) is 17.0. The molecule has 0 aromatic heterocycles. The molecule has 6 nitrogen and oxygen atoms in total. The molecular weight excluding hydrogens is 314 g/mol. The van der Waals surface area contributed by atoms with E-state index in [1.807, 2.05) is 45.2 Å². The average Bonchev–Trinajstić information content (AvgIpc) is 2.56. The molecule has 0 aliphatic carbocycles.